The summed E-state index contributed by atoms with van der Waals surface area (Å²) in [4.78, 5) is 14.7. The smallest absolute Gasteiger partial charge is 0.321 e. The zero-order chi connectivity index (χ0) is 46.0. The van der Waals surface area contributed by atoms with E-state index in [1.54, 1.807) is 0 Å². The van der Waals surface area contributed by atoms with Crippen LogP contribution in [0.4, 0.5) is 0 Å². The molecule has 63 heavy (non-hydrogen) atoms. The molecule has 2 heterocycles. The highest BCUT2D eigenvalue weighted by molar-refractivity contribution is 6.88. The molecule has 19 heteroatoms. The topological polar surface area (TPSA) is 159 Å². The SMILES string of the molecule is Cc1cc(CCC[Si](C)(C)O[Si](C)(O)CC[Si](C)O[Si](C)(C)O[Si](C)(C)O[Si](C)(C)CCCc2cc(C)cc(-n3nc4ccccc4n3)c2O)c(O)c(-n2nc3ccccc3n2)c1. The van der Waals surface area contributed by atoms with E-state index in [0.29, 0.717) is 30.3 Å². The van der Waals surface area contributed by atoms with Gasteiger partial charge in [-0.15, -0.1) is 30.0 Å². The molecule has 6 rings (SSSR count). The highest BCUT2D eigenvalue weighted by Crippen LogP contribution is 2.33. The lowest BCUT2D eigenvalue weighted by molar-refractivity contribution is 0.331. The lowest BCUT2D eigenvalue weighted by Crippen LogP contribution is -2.54. The number of nitrogens with zero attached hydrogens (tertiary/aromatic N) is 6. The van der Waals surface area contributed by atoms with Crippen LogP contribution in [0.25, 0.3) is 33.4 Å². The van der Waals surface area contributed by atoms with Gasteiger partial charge in [-0.2, -0.15) is 0 Å². The number of aromatic hydroxyl groups is 2. The highest BCUT2D eigenvalue weighted by atomic mass is 28.5. The molecule has 1 radical (unpaired) electrons. The van der Waals surface area contributed by atoms with Crippen LogP contribution in [0.15, 0.2) is 72.8 Å². The zero-order valence-electron chi connectivity index (χ0n) is 39.2. The molecular formula is C44H67N6O7Si6. The van der Waals surface area contributed by atoms with Crippen LogP contribution in [-0.2, 0) is 29.3 Å². The van der Waals surface area contributed by atoms with Gasteiger partial charge in [-0.3, -0.25) is 0 Å². The second-order valence-electron chi connectivity index (χ2n) is 19.4. The van der Waals surface area contributed by atoms with E-state index in [2.05, 4.69) is 79.3 Å². The number of hydrogen-bond donors (Lipinski definition) is 3. The predicted octanol–water partition coefficient (Wildman–Crippen LogP) is 10.3. The van der Waals surface area contributed by atoms with Gasteiger partial charge in [-0.25, -0.2) is 0 Å². The van der Waals surface area contributed by atoms with Crippen molar-refractivity contribution >= 4 is 73.4 Å². The van der Waals surface area contributed by atoms with E-state index in [4.69, 9.17) is 16.5 Å². The number of fused-ring (bicyclic) bond motifs is 2. The van der Waals surface area contributed by atoms with Gasteiger partial charge < -0.3 is 31.5 Å². The first-order valence-electron chi connectivity index (χ1n) is 22.0. The molecule has 0 aliphatic rings. The molecule has 339 valence electrons. The molecule has 13 nitrogen and oxygen atoms in total. The summed E-state index contributed by atoms with van der Waals surface area (Å²) in [5.74, 6) is 0.413. The summed E-state index contributed by atoms with van der Waals surface area (Å²) in [6.07, 6.45) is 3.11. The Balaban J connectivity index is 0.948. The minimum atomic E-state index is -2.97. The van der Waals surface area contributed by atoms with Crippen molar-refractivity contribution in [3.63, 3.8) is 0 Å². The van der Waals surface area contributed by atoms with Crippen LogP contribution in [-0.4, -0.2) is 96.4 Å². The largest absolute Gasteiger partial charge is 0.505 e. The van der Waals surface area contributed by atoms with Gasteiger partial charge >= 0.3 is 25.7 Å². The summed E-state index contributed by atoms with van der Waals surface area (Å²) in [6.45, 7) is 25.4. The second-order valence-corrected chi connectivity index (χ2v) is 41.0. The summed E-state index contributed by atoms with van der Waals surface area (Å²) in [6, 6.07) is 26.4. The first kappa shape index (κ1) is 48.8. The van der Waals surface area contributed by atoms with E-state index in [1.165, 1.54) is 9.59 Å². The van der Waals surface area contributed by atoms with Crippen molar-refractivity contribution in [2.75, 3.05) is 0 Å². The Labute approximate surface area is 380 Å². The molecule has 0 saturated carbocycles. The molecule has 1 atom stereocenters. The van der Waals surface area contributed by atoms with Crippen LogP contribution >= 0.6 is 0 Å². The Hall–Kier alpha value is -3.62. The molecule has 3 N–H and O–H groups in total. The van der Waals surface area contributed by atoms with E-state index >= 15 is 0 Å². The van der Waals surface area contributed by atoms with Gasteiger partial charge in [0.25, 0.3) is 0 Å². The Kier molecular flexibility index (Phi) is 15.1. The van der Waals surface area contributed by atoms with Gasteiger partial charge in [-0.1, -0.05) is 36.4 Å². The molecule has 0 aliphatic carbocycles. The lowest BCUT2D eigenvalue weighted by atomic mass is 10.0. The Morgan fingerprint density at radius 2 is 0.952 bits per heavy atom. The van der Waals surface area contributed by atoms with E-state index in [9.17, 15) is 15.0 Å². The number of rotatable bonds is 21. The van der Waals surface area contributed by atoms with Crippen LogP contribution in [0.5, 0.6) is 11.5 Å². The number of aryl methyl sites for hydroxylation is 4. The van der Waals surface area contributed by atoms with Crippen molar-refractivity contribution in [3.05, 3.63) is 95.1 Å². The summed E-state index contributed by atoms with van der Waals surface area (Å²) < 4.78 is 27.1. The third kappa shape index (κ3) is 13.5. The Bertz CT molecular complexity index is 2460. The molecule has 0 fully saturated rings. The van der Waals surface area contributed by atoms with Gasteiger partial charge in [0, 0.05) is 0 Å². The summed E-state index contributed by atoms with van der Waals surface area (Å²) in [5, 5.41) is 40.9. The van der Waals surface area contributed by atoms with Crippen LogP contribution in [0.1, 0.15) is 35.1 Å². The standard InChI is InChI=1S/C44H67N6O7Si6/c1-33-29-35(43(51)41(31-33)49-45-37-21-13-14-22-38(37)46-49)19-17-26-59(4,5)55-62(10,11)57-61(8,9)54-58(3)25-28-63(12,53)56-60(6,7)27-18-20-36-30-34(2)32-42(44(36)52)50-47-39-23-15-16-24-40(39)48-50/h13-16,21-24,29-32,51-53H,17-20,25-28H2,1-12H3. The fourth-order valence-electron chi connectivity index (χ4n) is 8.62. The third-order valence-corrected chi connectivity index (χ3v) is 32.1. The van der Waals surface area contributed by atoms with Crippen LogP contribution < -0.4 is 0 Å². The number of hydrogen-bond acceptors (Lipinski definition) is 11. The molecule has 2 aromatic heterocycles. The number of aromatic nitrogens is 6. The van der Waals surface area contributed by atoms with E-state index in [1.807, 2.05) is 93.2 Å². The van der Waals surface area contributed by atoms with E-state index < -0.39 is 51.4 Å². The van der Waals surface area contributed by atoms with E-state index in [0.717, 1.165) is 75.3 Å². The minimum absolute atomic E-state index is 0.198. The highest BCUT2D eigenvalue weighted by Gasteiger charge is 2.42. The van der Waals surface area contributed by atoms with Crippen molar-refractivity contribution in [2.45, 2.75) is 129 Å². The van der Waals surface area contributed by atoms with Gasteiger partial charge in [0.05, 0.1) is 0 Å². The third-order valence-electron chi connectivity index (χ3n) is 11.0. The number of benzene rings is 4. The molecule has 6 aromatic rings. The van der Waals surface area contributed by atoms with Crippen LogP contribution in [0, 0.1) is 13.8 Å². The summed E-state index contributed by atoms with van der Waals surface area (Å²) in [7, 11) is -13.7. The molecule has 1 unspecified atom stereocenters. The molecular weight excluding hydrogens is 893 g/mol. The van der Waals surface area contributed by atoms with Gasteiger partial charge in [0.2, 0.25) is 0 Å². The van der Waals surface area contributed by atoms with Gasteiger partial charge in [0.15, 0.2) is 25.7 Å². The van der Waals surface area contributed by atoms with E-state index in [-0.39, 0.29) is 11.5 Å². The van der Waals surface area contributed by atoms with Crippen molar-refractivity contribution in [1.29, 1.82) is 0 Å². The molecule has 0 aliphatic heterocycles. The maximum absolute atomic E-state index is 11.6. The fourth-order valence-corrected chi connectivity index (χ4v) is 34.8. The fraction of sp³-hybridized carbons (Fsp3) is 0.455. The maximum atomic E-state index is 11.6. The summed E-state index contributed by atoms with van der Waals surface area (Å²) in [5.41, 5.74) is 8.11. The molecule has 0 bridgehead atoms. The molecule has 0 amide bonds. The number of phenolic OH excluding ortho intramolecular Hbond substituents is 2. The average molecular weight is 961 g/mol. The van der Waals surface area contributed by atoms with Crippen molar-refractivity contribution in [3.8, 4) is 22.9 Å². The van der Waals surface area contributed by atoms with Gasteiger partial charge in [-0.05, 0) is 188 Å². The zero-order valence-corrected chi connectivity index (χ0v) is 45.2. The second kappa shape index (κ2) is 19.5. The average Bonchev–Trinajstić information content (AvgIpc) is 3.79. The Morgan fingerprint density at radius 3 is 1.37 bits per heavy atom. The first-order chi connectivity index (χ1) is 29.4. The molecule has 0 spiro atoms. The quantitative estimate of drug-likeness (QED) is 0.0590. The predicted molar refractivity (Wildman–Crippen MR) is 266 cm³/mol. The summed E-state index contributed by atoms with van der Waals surface area (Å²) >= 11 is 0. The van der Waals surface area contributed by atoms with Crippen molar-refractivity contribution in [1.82, 2.24) is 30.0 Å². The van der Waals surface area contributed by atoms with Crippen molar-refractivity contribution < 1.29 is 31.5 Å². The lowest BCUT2D eigenvalue weighted by Gasteiger charge is -2.39. The van der Waals surface area contributed by atoms with Crippen LogP contribution in [0.3, 0.4) is 0 Å². The van der Waals surface area contributed by atoms with Crippen LogP contribution in [0.2, 0.25) is 89.6 Å². The van der Waals surface area contributed by atoms with Gasteiger partial charge in [0.1, 0.15) is 44.9 Å². The normalized spacial score (nSPS) is 14.0. The first-order valence-corrected chi connectivity index (χ1v) is 38.6. The minimum Gasteiger partial charge on any atom is -0.505 e. The number of phenols is 2. The molecule has 4 aromatic carbocycles. The molecule has 0 saturated heterocycles. The maximum Gasteiger partial charge on any atom is 0.321 e. The Morgan fingerprint density at radius 1 is 0.556 bits per heavy atom. The van der Waals surface area contributed by atoms with Crippen molar-refractivity contribution in [2.24, 2.45) is 0 Å². The monoisotopic (exact) mass is 959 g/mol.